The third-order valence-corrected chi connectivity index (χ3v) is 3.82. The zero-order valence-corrected chi connectivity index (χ0v) is 13.8. The zero-order chi connectivity index (χ0) is 16.5. The van der Waals surface area contributed by atoms with Crippen LogP contribution >= 0.6 is 15.9 Å². The van der Waals surface area contributed by atoms with Crippen molar-refractivity contribution in [1.82, 2.24) is 10.9 Å². The highest BCUT2D eigenvalue weighted by molar-refractivity contribution is 9.10. The lowest BCUT2D eigenvalue weighted by atomic mass is 9.98. The maximum absolute atomic E-state index is 11.9. The molecular weight excluding hydrogens is 352 g/mol. The summed E-state index contributed by atoms with van der Waals surface area (Å²) in [4.78, 5) is 34.4. The number of halogens is 1. The average Bonchev–Trinajstić information content (AvgIpc) is 2.49. The molecule has 0 unspecified atom stereocenters. The molecule has 0 radical (unpaired) electrons. The highest BCUT2D eigenvalue weighted by atomic mass is 79.9. The Labute approximate surface area is 137 Å². The predicted molar refractivity (Wildman–Crippen MR) is 82.4 cm³/mol. The largest absolute Gasteiger partial charge is 0.550 e. The minimum Gasteiger partial charge on any atom is -0.550 e. The summed E-state index contributed by atoms with van der Waals surface area (Å²) < 4.78 is 0.613. The number of hydrogen-bond acceptors (Lipinski definition) is 4. The van der Waals surface area contributed by atoms with Crippen LogP contribution < -0.4 is 16.0 Å². The molecule has 6 nitrogen and oxygen atoms in total. The summed E-state index contributed by atoms with van der Waals surface area (Å²) in [6.45, 7) is 1.87. The number of nitrogens with one attached hydrogen (secondary N) is 2. The van der Waals surface area contributed by atoms with Gasteiger partial charge in [0.05, 0.1) is 5.56 Å². The Morgan fingerprint density at radius 2 is 1.86 bits per heavy atom. The van der Waals surface area contributed by atoms with Crippen LogP contribution in [0.5, 0.6) is 0 Å². The molecule has 7 heteroatoms. The molecule has 0 bridgehead atoms. The van der Waals surface area contributed by atoms with Crippen LogP contribution in [0.15, 0.2) is 28.7 Å². The number of hydrogen-bond donors (Lipinski definition) is 2. The fourth-order valence-corrected chi connectivity index (χ4v) is 2.40. The number of aliphatic carboxylic acids is 1. The van der Waals surface area contributed by atoms with Crippen LogP contribution in [0.3, 0.4) is 0 Å². The quantitative estimate of drug-likeness (QED) is 0.704. The molecule has 0 fully saturated rings. The Morgan fingerprint density at radius 3 is 2.45 bits per heavy atom. The van der Waals surface area contributed by atoms with Gasteiger partial charge in [-0.15, -0.1) is 0 Å². The molecule has 120 valence electrons. The number of carboxylic acid groups (broad SMARTS) is 1. The van der Waals surface area contributed by atoms with Crippen molar-refractivity contribution in [3.8, 4) is 0 Å². The van der Waals surface area contributed by atoms with Crippen LogP contribution in [0, 0.1) is 5.92 Å². The Hall–Kier alpha value is -1.89. The normalized spacial score (nSPS) is 11.5. The number of rotatable bonds is 7. The second-order valence-corrected chi connectivity index (χ2v) is 5.68. The van der Waals surface area contributed by atoms with E-state index in [0.717, 1.165) is 0 Å². The van der Waals surface area contributed by atoms with Gasteiger partial charge in [0.1, 0.15) is 0 Å². The van der Waals surface area contributed by atoms with Crippen molar-refractivity contribution in [3.63, 3.8) is 0 Å². The van der Waals surface area contributed by atoms with Crippen molar-refractivity contribution in [2.45, 2.75) is 32.6 Å². The maximum Gasteiger partial charge on any atom is 0.270 e. The van der Waals surface area contributed by atoms with Crippen LogP contribution in [0.2, 0.25) is 0 Å². The van der Waals surface area contributed by atoms with Gasteiger partial charge < -0.3 is 9.90 Å². The number of hydrazine groups is 1. The molecule has 2 N–H and O–H groups in total. The van der Waals surface area contributed by atoms with Gasteiger partial charge in [0.15, 0.2) is 0 Å². The average molecular weight is 370 g/mol. The van der Waals surface area contributed by atoms with Gasteiger partial charge in [0, 0.05) is 16.9 Å². The first-order valence-corrected chi connectivity index (χ1v) is 7.79. The van der Waals surface area contributed by atoms with Crippen molar-refractivity contribution in [2.24, 2.45) is 5.92 Å². The molecule has 0 aliphatic carbocycles. The molecule has 2 amide bonds. The molecule has 0 spiro atoms. The summed E-state index contributed by atoms with van der Waals surface area (Å²) >= 11 is 3.24. The molecule has 1 atom stereocenters. The highest BCUT2D eigenvalue weighted by Gasteiger charge is 2.13. The van der Waals surface area contributed by atoms with Gasteiger partial charge in [-0.3, -0.25) is 20.4 Å². The number of carboxylic acids is 1. The van der Waals surface area contributed by atoms with Crippen molar-refractivity contribution in [2.75, 3.05) is 0 Å². The second kappa shape index (κ2) is 9.19. The Balaban J connectivity index is 2.41. The molecule has 0 aliphatic heterocycles. The van der Waals surface area contributed by atoms with Gasteiger partial charge in [-0.1, -0.05) is 25.5 Å². The van der Waals surface area contributed by atoms with E-state index in [9.17, 15) is 19.5 Å². The van der Waals surface area contributed by atoms with Crippen LogP contribution in [0.1, 0.15) is 43.0 Å². The maximum atomic E-state index is 11.9. The Kier molecular flexibility index (Phi) is 7.59. The molecule has 22 heavy (non-hydrogen) atoms. The van der Waals surface area contributed by atoms with E-state index in [-0.39, 0.29) is 12.8 Å². The number of carbonyl (C=O) groups excluding carboxylic acids is 3. The van der Waals surface area contributed by atoms with Crippen LogP contribution in [-0.2, 0) is 9.59 Å². The molecule has 0 saturated carbocycles. The molecule has 1 aromatic rings. The van der Waals surface area contributed by atoms with E-state index in [0.29, 0.717) is 22.9 Å². The van der Waals surface area contributed by atoms with E-state index < -0.39 is 23.7 Å². The van der Waals surface area contributed by atoms with E-state index >= 15 is 0 Å². The first-order chi connectivity index (χ1) is 10.5. The van der Waals surface area contributed by atoms with Crippen molar-refractivity contribution in [1.29, 1.82) is 0 Å². The minimum absolute atomic E-state index is 0.00882. The summed E-state index contributed by atoms with van der Waals surface area (Å²) in [5.74, 6) is -2.68. The zero-order valence-electron chi connectivity index (χ0n) is 12.2. The van der Waals surface area contributed by atoms with Gasteiger partial charge in [0.25, 0.3) is 5.91 Å². The fraction of sp³-hybridized carbons (Fsp3) is 0.400. The van der Waals surface area contributed by atoms with Crippen molar-refractivity contribution in [3.05, 3.63) is 34.3 Å². The molecule has 0 aromatic heterocycles. The van der Waals surface area contributed by atoms with E-state index in [2.05, 4.69) is 26.8 Å². The standard InChI is InChI=1S/C15H19BrN2O4/c1-2-5-10(15(21)22)8-9-13(19)17-18-14(20)11-6-3-4-7-12(11)16/h3-4,6-7,10H,2,5,8-9H2,1H3,(H,17,19)(H,18,20)(H,21,22)/p-1/t10-/m0/s1. The molecule has 0 aliphatic rings. The van der Waals surface area contributed by atoms with Crippen molar-refractivity contribution >= 4 is 33.7 Å². The van der Waals surface area contributed by atoms with E-state index in [1.807, 2.05) is 6.92 Å². The highest BCUT2D eigenvalue weighted by Crippen LogP contribution is 2.15. The molecule has 0 saturated heterocycles. The van der Waals surface area contributed by atoms with Gasteiger partial charge >= 0.3 is 0 Å². The van der Waals surface area contributed by atoms with Gasteiger partial charge in [-0.2, -0.15) is 0 Å². The fourth-order valence-electron chi connectivity index (χ4n) is 1.94. The summed E-state index contributed by atoms with van der Waals surface area (Å²) in [5.41, 5.74) is 4.96. The molecule has 1 aromatic carbocycles. The third-order valence-electron chi connectivity index (χ3n) is 3.12. The summed E-state index contributed by atoms with van der Waals surface area (Å²) in [7, 11) is 0. The molecule has 1 rings (SSSR count). The minimum atomic E-state index is -1.15. The molecule has 0 heterocycles. The topological polar surface area (TPSA) is 98.3 Å². The van der Waals surface area contributed by atoms with E-state index in [1.165, 1.54) is 0 Å². The summed E-state index contributed by atoms with van der Waals surface area (Å²) in [5, 5.41) is 10.9. The number of benzene rings is 1. The lowest BCUT2D eigenvalue weighted by Gasteiger charge is -2.16. The third kappa shape index (κ3) is 5.85. The SMILES string of the molecule is CCC[C@@H](CCC(=O)NNC(=O)c1ccccc1Br)C(=O)[O-]. The van der Waals surface area contributed by atoms with Crippen molar-refractivity contribution < 1.29 is 19.5 Å². The summed E-state index contributed by atoms with van der Waals surface area (Å²) in [6.07, 6.45) is 1.37. The van der Waals surface area contributed by atoms with E-state index in [4.69, 9.17) is 0 Å². The Morgan fingerprint density at radius 1 is 1.18 bits per heavy atom. The first-order valence-electron chi connectivity index (χ1n) is 7.00. The first kappa shape index (κ1) is 18.2. The van der Waals surface area contributed by atoms with Gasteiger partial charge in [-0.25, -0.2) is 0 Å². The lowest BCUT2D eigenvalue weighted by molar-refractivity contribution is -0.312. The smallest absolute Gasteiger partial charge is 0.270 e. The van der Waals surface area contributed by atoms with Crippen LogP contribution in [0.4, 0.5) is 0 Å². The second-order valence-electron chi connectivity index (χ2n) is 4.83. The van der Waals surface area contributed by atoms with Gasteiger partial charge in [0.2, 0.25) is 5.91 Å². The van der Waals surface area contributed by atoms with E-state index in [1.54, 1.807) is 24.3 Å². The summed E-state index contributed by atoms with van der Waals surface area (Å²) in [6, 6.07) is 6.80. The predicted octanol–water partition coefficient (Wildman–Crippen LogP) is 1.16. The lowest BCUT2D eigenvalue weighted by Crippen LogP contribution is -2.42. The monoisotopic (exact) mass is 369 g/mol. The molecular formula is C15H18BrN2O4-. The van der Waals surface area contributed by atoms with Gasteiger partial charge in [-0.05, 0) is 46.8 Å². The van der Waals surface area contributed by atoms with Crippen LogP contribution in [0.25, 0.3) is 0 Å². The Bertz CT molecular complexity index is 548. The van der Waals surface area contributed by atoms with Crippen LogP contribution in [-0.4, -0.2) is 17.8 Å². The number of amides is 2. The number of carbonyl (C=O) groups is 3.